The van der Waals surface area contributed by atoms with E-state index >= 15 is 0 Å². The van der Waals surface area contributed by atoms with Gasteiger partial charge in [0.15, 0.2) is 5.82 Å². The third kappa shape index (κ3) is 7.65. The lowest BCUT2D eigenvalue weighted by atomic mass is 9.96. The highest BCUT2D eigenvalue weighted by atomic mass is 16.5. The molecule has 0 aliphatic rings. The summed E-state index contributed by atoms with van der Waals surface area (Å²) in [6.07, 6.45) is 1.32. The number of aryl methyl sites for hydroxylation is 1. The van der Waals surface area contributed by atoms with Gasteiger partial charge in [-0.2, -0.15) is 4.98 Å². The predicted molar refractivity (Wildman–Crippen MR) is 110 cm³/mol. The van der Waals surface area contributed by atoms with Crippen LogP contribution in [0.2, 0.25) is 0 Å². The van der Waals surface area contributed by atoms with E-state index in [1.165, 1.54) is 0 Å². The molecule has 2 aromatic rings. The van der Waals surface area contributed by atoms with E-state index in [1.807, 2.05) is 27.7 Å². The Bertz CT molecular complexity index is 811. The minimum atomic E-state index is -0.200. The van der Waals surface area contributed by atoms with Gasteiger partial charge in [-0.3, -0.25) is 9.59 Å². The van der Waals surface area contributed by atoms with Crippen LogP contribution in [0.1, 0.15) is 62.6 Å². The van der Waals surface area contributed by atoms with Crippen LogP contribution in [0.15, 0.2) is 28.8 Å². The molecule has 0 radical (unpaired) electrons. The number of carbonyl (C=O) groups is 2. The molecule has 29 heavy (non-hydrogen) atoms. The topological polar surface area (TPSA) is 106 Å². The molecule has 1 aromatic carbocycles. The van der Waals surface area contributed by atoms with Crippen molar-refractivity contribution < 1.29 is 18.8 Å². The van der Waals surface area contributed by atoms with E-state index in [0.717, 1.165) is 6.42 Å². The van der Waals surface area contributed by atoms with Crippen molar-refractivity contribution in [2.24, 2.45) is 0 Å². The van der Waals surface area contributed by atoms with Gasteiger partial charge in [-0.05, 0) is 31.5 Å². The Kier molecular flexibility index (Phi) is 8.33. The maximum atomic E-state index is 12.2. The standard InChI is InChI=1S/C21H30N4O4/c1-5-28-13-7-12-22-19(27)15-8-6-9-16(14-15)23-17(26)10-11-18-24-20(25-29-18)21(2,3)4/h6,8-9,14H,5,7,10-13H2,1-4H3,(H,22,27)(H,23,26). The van der Waals surface area contributed by atoms with Gasteiger partial charge in [0.1, 0.15) is 0 Å². The molecule has 2 amide bonds. The van der Waals surface area contributed by atoms with Crippen molar-refractivity contribution in [1.29, 1.82) is 0 Å². The molecule has 2 N–H and O–H groups in total. The molecule has 2 rings (SSSR count). The lowest BCUT2D eigenvalue weighted by molar-refractivity contribution is -0.116. The first kappa shape index (κ1) is 22.5. The fourth-order valence-corrected chi connectivity index (χ4v) is 2.47. The Morgan fingerprint density at radius 1 is 1.24 bits per heavy atom. The van der Waals surface area contributed by atoms with Gasteiger partial charge in [-0.1, -0.05) is 32.0 Å². The third-order valence-corrected chi connectivity index (χ3v) is 4.07. The zero-order valence-corrected chi connectivity index (χ0v) is 17.6. The average molecular weight is 402 g/mol. The molecule has 0 bridgehead atoms. The van der Waals surface area contributed by atoms with Gasteiger partial charge in [0.25, 0.3) is 5.91 Å². The Balaban J connectivity index is 1.82. The van der Waals surface area contributed by atoms with Crippen LogP contribution in [-0.2, 0) is 21.4 Å². The molecule has 0 saturated heterocycles. The first-order valence-corrected chi connectivity index (χ1v) is 9.88. The van der Waals surface area contributed by atoms with Crippen molar-refractivity contribution in [1.82, 2.24) is 15.5 Å². The van der Waals surface area contributed by atoms with Crippen LogP contribution in [0.4, 0.5) is 5.69 Å². The summed E-state index contributed by atoms with van der Waals surface area (Å²) in [5, 5.41) is 9.59. The minimum Gasteiger partial charge on any atom is -0.382 e. The summed E-state index contributed by atoms with van der Waals surface area (Å²) in [5.41, 5.74) is 0.859. The van der Waals surface area contributed by atoms with E-state index in [-0.39, 0.29) is 23.7 Å². The van der Waals surface area contributed by atoms with E-state index in [2.05, 4.69) is 20.8 Å². The van der Waals surface area contributed by atoms with Crippen molar-refractivity contribution in [3.05, 3.63) is 41.5 Å². The van der Waals surface area contributed by atoms with E-state index in [9.17, 15) is 9.59 Å². The summed E-state index contributed by atoms with van der Waals surface area (Å²) < 4.78 is 10.4. The van der Waals surface area contributed by atoms with Gasteiger partial charge in [0.2, 0.25) is 11.8 Å². The number of hydrogen-bond acceptors (Lipinski definition) is 6. The molecule has 8 nitrogen and oxygen atoms in total. The highest BCUT2D eigenvalue weighted by Crippen LogP contribution is 2.19. The van der Waals surface area contributed by atoms with Crippen LogP contribution >= 0.6 is 0 Å². The second kappa shape index (κ2) is 10.7. The van der Waals surface area contributed by atoms with Crippen molar-refractivity contribution in [3.63, 3.8) is 0 Å². The smallest absolute Gasteiger partial charge is 0.251 e. The molecule has 158 valence electrons. The molecule has 0 aliphatic carbocycles. The monoisotopic (exact) mass is 402 g/mol. The first-order chi connectivity index (χ1) is 13.8. The number of amides is 2. The fourth-order valence-electron chi connectivity index (χ4n) is 2.47. The number of benzene rings is 1. The highest BCUT2D eigenvalue weighted by Gasteiger charge is 2.21. The first-order valence-electron chi connectivity index (χ1n) is 9.88. The number of nitrogens with one attached hydrogen (secondary N) is 2. The SMILES string of the molecule is CCOCCCNC(=O)c1cccc(NC(=O)CCc2nc(C(C)(C)C)no2)c1. The molecule has 0 aliphatic heterocycles. The van der Waals surface area contributed by atoms with E-state index < -0.39 is 0 Å². The Morgan fingerprint density at radius 3 is 2.72 bits per heavy atom. The number of rotatable bonds is 10. The van der Waals surface area contributed by atoms with Crippen LogP contribution in [0.5, 0.6) is 0 Å². The van der Waals surface area contributed by atoms with Crippen molar-refractivity contribution in [2.75, 3.05) is 25.1 Å². The summed E-state index contributed by atoms with van der Waals surface area (Å²) >= 11 is 0. The molecular formula is C21H30N4O4. The lowest BCUT2D eigenvalue weighted by Crippen LogP contribution is -2.25. The molecule has 0 unspecified atom stereocenters. The lowest BCUT2D eigenvalue weighted by Gasteiger charge is -2.10. The third-order valence-electron chi connectivity index (χ3n) is 4.07. The van der Waals surface area contributed by atoms with Gasteiger partial charge >= 0.3 is 0 Å². The van der Waals surface area contributed by atoms with Gasteiger partial charge in [-0.25, -0.2) is 0 Å². The van der Waals surface area contributed by atoms with E-state index in [1.54, 1.807) is 24.3 Å². The summed E-state index contributed by atoms with van der Waals surface area (Å²) in [6.45, 7) is 9.74. The normalized spacial score (nSPS) is 11.3. The molecule has 0 spiro atoms. The molecule has 1 heterocycles. The summed E-state index contributed by atoms with van der Waals surface area (Å²) in [5.74, 6) is 0.686. The number of nitrogens with zero attached hydrogens (tertiary/aromatic N) is 2. The molecule has 0 atom stereocenters. The van der Waals surface area contributed by atoms with Gasteiger partial charge in [0.05, 0.1) is 0 Å². The summed E-state index contributed by atoms with van der Waals surface area (Å²) in [4.78, 5) is 28.8. The van der Waals surface area contributed by atoms with Gasteiger partial charge in [-0.15, -0.1) is 0 Å². The van der Waals surface area contributed by atoms with Crippen molar-refractivity contribution in [2.45, 2.75) is 52.4 Å². The van der Waals surface area contributed by atoms with Gasteiger partial charge < -0.3 is 19.9 Å². The number of hydrogen-bond donors (Lipinski definition) is 2. The number of aromatic nitrogens is 2. The molecule has 0 fully saturated rings. The van der Waals surface area contributed by atoms with E-state index in [0.29, 0.717) is 49.1 Å². The van der Waals surface area contributed by atoms with Crippen molar-refractivity contribution >= 4 is 17.5 Å². The molecule has 1 aromatic heterocycles. The molecule has 8 heteroatoms. The zero-order chi connectivity index (χ0) is 21.3. The highest BCUT2D eigenvalue weighted by molar-refractivity contribution is 5.97. The number of anilines is 1. The largest absolute Gasteiger partial charge is 0.382 e. The van der Waals surface area contributed by atoms with E-state index in [4.69, 9.17) is 9.26 Å². The van der Waals surface area contributed by atoms with Crippen LogP contribution in [0.3, 0.4) is 0 Å². The Morgan fingerprint density at radius 2 is 2.03 bits per heavy atom. The maximum Gasteiger partial charge on any atom is 0.251 e. The minimum absolute atomic E-state index is 0.182. The Hall–Kier alpha value is -2.74. The Labute approximate surface area is 171 Å². The van der Waals surface area contributed by atoms with Gasteiger partial charge in [0, 0.05) is 49.3 Å². The fraction of sp³-hybridized carbons (Fsp3) is 0.524. The van der Waals surface area contributed by atoms with Crippen LogP contribution < -0.4 is 10.6 Å². The van der Waals surface area contributed by atoms with Crippen LogP contribution in [-0.4, -0.2) is 41.7 Å². The summed E-state index contributed by atoms with van der Waals surface area (Å²) in [7, 11) is 0. The van der Waals surface area contributed by atoms with Crippen LogP contribution in [0.25, 0.3) is 0 Å². The number of ether oxygens (including phenoxy) is 1. The molecule has 0 saturated carbocycles. The summed E-state index contributed by atoms with van der Waals surface area (Å²) in [6, 6.07) is 6.84. The van der Waals surface area contributed by atoms with Crippen LogP contribution in [0, 0.1) is 0 Å². The zero-order valence-electron chi connectivity index (χ0n) is 17.6. The second-order valence-electron chi connectivity index (χ2n) is 7.70. The maximum absolute atomic E-state index is 12.2. The quantitative estimate of drug-likeness (QED) is 0.592. The molecular weight excluding hydrogens is 372 g/mol. The number of carbonyl (C=O) groups excluding carboxylic acids is 2. The predicted octanol–water partition coefficient (Wildman–Crippen LogP) is 3.09. The van der Waals surface area contributed by atoms with Crippen molar-refractivity contribution in [3.8, 4) is 0 Å². The second-order valence-corrected chi connectivity index (χ2v) is 7.70. The average Bonchev–Trinajstić information content (AvgIpc) is 3.16.